The van der Waals surface area contributed by atoms with Gasteiger partial charge in [-0.3, -0.25) is 9.59 Å². The molecule has 6 heteroatoms. The summed E-state index contributed by atoms with van der Waals surface area (Å²) in [5.41, 5.74) is 0.770. The fraction of sp³-hybridized carbons (Fsp3) is 0.692. The first kappa shape index (κ1) is 27.8. The highest BCUT2D eigenvalue weighted by Gasteiger charge is 2.24. The molecular formula is C26H42O6. The Hall–Kier alpha value is -2.24. The van der Waals surface area contributed by atoms with Crippen LogP contribution in [-0.2, 0) is 25.5 Å². The van der Waals surface area contributed by atoms with Gasteiger partial charge in [0.1, 0.15) is 0 Å². The summed E-state index contributed by atoms with van der Waals surface area (Å²) >= 11 is 0. The lowest BCUT2D eigenvalue weighted by Crippen LogP contribution is -2.28. The smallest absolute Gasteiger partial charge is 0.309 e. The van der Waals surface area contributed by atoms with Crippen LogP contribution in [0.5, 0.6) is 11.5 Å². The lowest BCUT2D eigenvalue weighted by molar-refractivity contribution is -0.153. The molecule has 0 aromatic heterocycles. The third-order valence-corrected chi connectivity index (χ3v) is 6.07. The van der Waals surface area contributed by atoms with Crippen molar-refractivity contribution in [1.29, 1.82) is 0 Å². The monoisotopic (exact) mass is 450 g/mol. The standard InChI is InChI=1S/C26H42O6/c1-5-8-9-10-12-25(29)31-17-22(19(4)7-3)18-32-26(30)21(11-6-2)15-20-13-14-23(27)24(28)16-20/h13-14,16,19,21-22,27-28H,5-12,15,17-18H2,1-4H3. The van der Waals surface area contributed by atoms with E-state index in [0.29, 0.717) is 19.3 Å². The molecule has 32 heavy (non-hydrogen) atoms. The largest absolute Gasteiger partial charge is 0.504 e. The van der Waals surface area contributed by atoms with Crippen molar-refractivity contribution in [2.75, 3.05) is 13.2 Å². The van der Waals surface area contributed by atoms with Gasteiger partial charge in [0.05, 0.1) is 19.1 Å². The minimum atomic E-state index is -0.331. The molecular weight excluding hydrogens is 408 g/mol. The van der Waals surface area contributed by atoms with Crippen LogP contribution in [-0.4, -0.2) is 35.4 Å². The molecule has 0 aliphatic heterocycles. The molecule has 0 heterocycles. The van der Waals surface area contributed by atoms with Crippen LogP contribution in [0.2, 0.25) is 0 Å². The predicted molar refractivity (Wildman–Crippen MR) is 125 cm³/mol. The van der Waals surface area contributed by atoms with Crippen molar-refractivity contribution in [2.24, 2.45) is 17.8 Å². The SMILES string of the molecule is CCCCCCC(=O)OCC(COC(=O)C(CCC)Cc1ccc(O)c(O)c1)C(C)CC. The first-order valence-electron chi connectivity index (χ1n) is 12.1. The van der Waals surface area contributed by atoms with Crippen LogP contribution in [0, 0.1) is 17.8 Å². The number of benzene rings is 1. The van der Waals surface area contributed by atoms with E-state index in [1.165, 1.54) is 12.1 Å². The van der Waals surface area contributed by atoms with Crippen LogP contribution < -0.4 is 0 Å². The number of carbonyl (C=O) groups excluding carboxylic acids is 2. The van der Waals surface area contributed by atoms with Crippen molar-refractivity contribution < 1.29 is 29.3 Å². The van der Waals surface area contributed by atoms with Crippen molar-refractivity contribution in [3.8, 4) is 11.5 Å². The number of phenols is 2. The summed E-state index contributed by atoms with van der Waals surface area (Å²) in [4.78, 5) is 24.8. The first-order chi connectivity index (χ1) is 15.3. The minimum absolute atomic E-state index is 0.0384. The molecule has 6 nitrogen and oxygen atoms in total. The van der Waals surface area contributed by atoms with E-state index in [2.05, 4.69) is 20.8 Å². The normalized spacial score (nSPS) is 13.9. The summed E-state index contributed by atoms with van der Waals surface area (Å²) in [5.74, 6) is -0.949. The van der Waals surface area contributed by atoms with E-state index in [4.69, 9.17) is 9.47 Å². The number of aromatic hydroxyl groups is 2. The summed E-state index contributed by atoms with van der Waals surface area (Å²) in [6.07, 6.45) is 7.41. The topological polar surface area (TPSA) is 93.1 Å². The average Bonchev–Trinajstić information content (AvgIpc) is 2.78. The second-order valence-corrected chi connectivity index (χ2v) is 8.78. The van der Waals surface area contributed by atoms with Crippen LogP contribution in [0.4, 0.5) is 0 Å². The fourth-order valence-electron chi connectivity index (χ4n) is 3.62. The number of esters is 2. The Kier molecular flexibility index (Phi) is 13.5. The molecule has 0 radical (unpaired) electrons. The van der Waals surface area contributed by atoms with Crippen molar-refractivity contribution in [3.63, 3.8) is 0 Å². The Morgan fingerprint density at radius 2 is 1.66 bits per heavy atom. The molecule has 0 aliphatic rings. The van der Waals surface area contributed by atoms with E-state index in [9.17, 15) is 19.8 Å². The van der Waals surface area contributed by atoms with Gasteiger partial charge in [-0.1, -0.05) is 65.9 Å². The summed E-state index contributed by atoms with van der Waals surface area (Å²) in [7, 11) is 0. The van der Waals surface area contributed by atoms with E-state index in [-0.39, 0.29) is 54.4 Å². The molecule has 3 atom stereocenters. The molecule has 3 unspecified atom stereocenters. The first-order valence-corrected chi connectivity index (χ1v) is 12.1. The van der Waals surface area contributed by atoms with Crippen LogP contribution in [0.15, 0.2) is 18.2 Å². The highest BCUT2D eigenvalue weighted by molar-refractivity contribution is 5.73. The zero-order valence-electron chi connectivity index (χ0n) is 20.3. The number of hydrogen-bond acceptors (Lipinski definition) is 6. The molecule has 0 bridgehead atoms. The minimum Gasteiger partial charge on any atom is -0.504 e. The van der Waals surface area contributed by atoms with Crippen LogP contribution in [0.25, 0.3) is 0 Å². The van der Waals surface area contributed by atoms with Gasteiger partial charge >= 0.3 is 11.9 Å². The summed E-state index contributed by atoms with van der Waals surface area (Å²) in [6, 6.07) is 4.61. The molecule has 2 N–H and O–H groups in total. The Morgan fingerprint density at radius 3 is 2.28 bits per heavy atom. The highest BCUT2D eigenvalue weighted by atomic mass is 16.5. The van der Waals surface area contributed by atoms with E-state index < -0.39 is 0 Å². The second-order valence-electron chi connectivity index (χ2n) is 8.78. The highest BCUT2D eigenvalue weighted by Crippen LogP contribution is 2.27. The molecule has 1 aromatic rings. The van der Waals surface area contributed by atoms with Crippen molar-refractivity contribution in [2.45, 2.75) is 85.5 Å². The summed E-state index contributed by atoms with van der Waals surface area (Å²) < 4.78 is 11.2. The van der Waals surface area contributed by atoms with Gasteiger partial charge in [-0.25, -0.2) is 0 Å². The number of carbonyl (C=O) groups is 2. The van der Waals surface area contributed by atoms with Crippen LogP contribution in [0.1, 0.15) is 84.6 Å². The Labute approximate surface area is 193 Å². The van der Waals surface area contributed by atoms with Gasteiger partial charge in [0.25, 0.3) is 0 Å². The number of unbranched alkanes of at least 4 members (excludes halogenated alkanes) is 3. The fourth-order valence-corrected chi connectivity index (χ4v) is 3.62. The lowest BCUT2D eigenvalue weighted by Gasteiger charge is -2.24. The molecule has 0 aliphatic carbocycles. The maximum atomic E-state index is 12.8. The third kappa shape index (κ3) is 10.4. The molecule has 0 spiro atoms. The van der Waals surface area contributed by atoms with Crippen molar-refractivity contribution >= 4 is 11.9 Å². The quantitative estimate of drug-likeness (QED) is 0.188. The van der Waals surface area contributed by atoms with Gasteiger partial charge in [0.15, 0.2) is 11.5 Å². The molecule has 182 valence electrons. The van der Waals surface area contributed by atoms with Gasteiger partial charge in [0, 0.05) is 12.3 Å². The molecule has 1 aromatic carbocycles. The van der Waals surface area contributed by atoms with E-state index >= 15 is 0 Å². The zero-order valence-corrected chi connectivity index (χ0v) is 20.3. The van der Waals surface area contributed by atoms with E-state index in [1.54, 1.807) is 6.07 Å². The van der Waals surface area contributed by atoms with Gasteiger partial charge in [-0.2, -0.15) is 0 Å². The van der Waals surface area contributed by atoms with Crippen molar-refractivity contribution in [3.05, 3.63) is 23.8 Å². The van der Waals surface area contributed by atoms with E-state index in [1.807, 2.05) is 6.92 Å². The molecule has 0 saturated carbocycles. The number of ether oxygens (including phenoxy) is 2. The predicted octanol–water partition coefficient (Wildman–Crippen LogP) is 5.78. The summed E-state index contributed by atoms with van der Waals surface area (Å²) in [6.45, 7) is 8.78. The average molecular weight is 451 g/mol. The van der Waals surface area contributed by atoms with Gasteiger partial charge in [0.2, 0.25) is 0 Å². The number of rotatable bonds is 16. The second kappa shape index (κ2) is 15.5. The van der Waals surface area contributed by atoms with E-state index in [0.717, 1.165) is 44.1 Å². The zero-order chi connectivity index (χ0) is 23.9. The Balaban J connectivity index is 2.62. The van der Waals surface area contributed by atoms with Gasteiger partial charge in [-0.05, 0) is 42.9 Å². The van der Waals surface area contributed by atoms with Crippen LogP contribution >= 0.6 is 0 Å². The number of phenolic OH excluding ortho intramolecular Hbond substituents is 2. The lowest BCUT2D eigenvalue weighted by atomic mass is 9.92. The Morgan fingerprint density at radius 1 is 0.938 bits per heavy atom. The molecule has 1 rings (SSSR count). The van der Waals surface area contributed by atoms with Crippen molar-refractivity contribution in [1.82, 2.24) is 0 Å². The maximum Gasteiger partial charge on any atom is 0.309 e. The molecule has 0 amide bonds. The third-order valence-electron chi connectivity index (χ3n) is 6.07. The maximum absolute atomic E-state index is 12.8. The Bertz CT molecular complexity index is 687. The van der Waals surface area contributed by atoms with Gasteiger partial charge in [-0.15, -0.1) is 0 Å². The molecule has 0 fully saturated rings. The van der Waals surface area contributed by atoms with Crippen LogP contribution in [0.3, 0.4) is 0 Å². The summed E-state index contributed by atoms with van der Waals surface area (Å²) in [5, 5.41) is 19.2. The molecule has 0 saturated heterocycles. The number of hydrogen-bond donors (Lipinski definition) is 2. The van der Waals surface area contributed by atoms with Gasteiger partial charge < -0.3 is 19.7 Å².